The molecule has 0 fully saturated rings. The van der Waals surface area contributed by atoms with Crippen molar-refractivity contribution >= 4 is 49.4 Å². The number of fused-ring (bicyclic) bond motifs is 8. The van der Waals surface area contributed by atoms with Gasteiger partial charge < -0.3 is 4.90 Å². The molecule has 0 aromatic heterocycles. The molecule has 1 aliphatic rings. The fourth-order valence-electron chi connectivity index (χ4n) is 8.61. The minimum absolute atomic E-state index is 0.0874. The Morgan fingerprint density at radius 3 is 1.65 bits per heavy atom. The van der Waals surface area contributed by atoms with Crippen LogP contribution in [0.5, 0.6) is 0 Å². The van der Waals surface area contributed by atoms with E-state index in [1.165, 1.54) is 76.8 Å². The van der Waals surface area contributed by atoms with Crippen molar-refractivity contribution < 1.29 is 0 Å². The molecule has 0 unspecified atom stereocenters. The van der Waals surface area contributed by atoms with E-state index in [2.05, 4.69) is 207 Å². The highest BCUT2D eigenvalue weighted by atomic mass is 15.1. The van der Waals surface area contributed by atoms with E-state index in [1.807, 2.05) is 0 Å². The van der Waals surface area contributed by atoms with Crippen molar-refractivity contribution in [3.8, 4) is 33.4 Å². The fraction of sp³-hybridized carbons (Fsp3) is 0.0588. The Bertz CT molecular complexity index is 2780. The van der Waals surface area contributed by atoms with Gasteiger partial charge in [-0.05, 0) is 119 Å². The molecule has 0 spiro atoms. The van der Waals surface area contributed by atoms with Crippen LogP contribution >= 0.6 is 0 Å². The molecule has 0 atom stereocenters. The summed E-state index contributed by atoms with van der Waals surface area (Å²) in [5, 5.41) is 7.70. The molecule has 1 aliphatic carbocycles. The van der Waals surface area contributed by atoms with Crippen LogP contribution in [0.2, 0.25) is 0 Å². The Kier molecular flexibility index (Phi) is 6.91. The molecule has 9 aromatic rings. The largest absolute Gasteiger partial charge is 0.310 e. The fourth-order valence-corrected chi connectivity index (χ4v) is 8.61. The first kappa shape index (κ1) is 30.4. The van der Waals surface area contributed by atoms with Gasteiger partial charge >= 0.3 is 0 Å². The number of nitrogens with zero attached hydrogens (tertiary/aromatic N) is 1. The van der Waals surface area contributed by atoms with E-state index in [4.69, 9.17) is 0 Å². The molecule has 52 heavy (non-hydrogen) atoms. The van der Waals surface area contributed by atoms with E-state index in [1.54, 1.807) is 0 Å². The van der Waals surface area contributed by atoms with E-state index in [9.17, 15) is 0 Å². The van der Waals surface area contributed by atoms with Crippen LogP contribution < -0.4 is 4.90 Å². The Balaban J connectivity index is 1.12. The van der Waals surface area contributed by atoms with Crippen molar-refractivity contribution in [3.63, 3.8) is 0 Å². The number of hydrogen-bond acceptors (Lipinski definition) is 1. The van der Waals surface area contributed by atoms with Crippen LogP contribution in [0.25, 0.3) is 65.7 Å². The van der Waals surface area contributed by atoms with Crippen molar-refractivity contribution in [1.29, 1.82) is 0 Å². The van der Waals surface area contributed by atoms with Crippen molar-refractivity contribution in [2.24, 2.45) is 0 Å². The molecular weight excluding hydrogens is 627 g/mol. The van der Waals surface area contributed by atoms with Crippen LogP contribution in [0.3, 0.4) is 0 Å². The van der Waals surface area contributed by atoms with Crippen molar-refractivity contribution in [2.75, 3.05) is 4.90 Å². The van der Waals surface area contributed by atoms with Gasteiger partial charge in [-0.2, -0.15) is 0 Å². The van der Waals surface area contributed by atoms with Crippen LogP contribution in [0, 0.1) is 0 Å². The number of hydrogen-bond donors (Lipinski definition) is 0. The monoisotopic (exact) mass is 663 g/mol. The van der Waals surface area contributed by atoms with Crippen molar-refractivity contribution in [1.82, 2.24) is 0 Å². The summed E-state index contributed by atoms with van der Waals surface area (Å²) in [5.74, 6) is 0. The van der Waals surface area contributed by atoms with Crippen molar-refractivity contribution in [2.45, 2.75) is 19.3 Å². The average Bonchev–Trinajstić information content (AvgIpc) is 3.43. The highest BCUT2D eigenvalue weighted by molar-refractivity contribution is 6.24. The van der Waals surface area contributed by atoms with Gasteiger partial charge in [0.2, 0.25) is 0 Å². The standard InChI is InChI=1S/C51H37N/c1-51(2)48-19-11-10-18-44(48)45-31-29-41(33-49(45)51)52(39-25-20-35(21-26-39)34-12-4-3-5-13-34)40-27-22-37(23-28-40)47-32-38-15-7-9-17-43(38)50-42-16-8-6-14-36(42)24-30-46(47)50/h3-33H,1-2H3. The predicted octanol–water partition coefficient (Wildman–Crippen LogP) is 14.3. The first-order valence-electron chi connectivity index (χ1n) is 18.2. The maximum Gasteiger partial charge on any atom is 0.0465 e. The molecule has 0 radical (unpaired) electrons. The topological polar surface area (TPSA) is 3.24 Å². The molecule has 0 bridgehead atoms. The van der Waals surface area contributed by atoms with Gasteiger partial charge in [0, 0.05) is 22.5 Å². The van der Waals surface area contributed by atoms with Gasteiger partial charge in [0.05, 0.1) is 0 Å². The maximum absolute atomic E-state index is 2.41. The molecule has 0 amide bonds. The first-order chi connectivity index (χ1) is 25.5. The lowest BCUT2D eigenvalue weighted by atomic mass is 9.82. The van der Waals surface area contributed by atoms with Crippen LogP contribution in [0.4, 0.5) is 17.1 Å². The minimum atomic E-state index is -0.0874. The molecule has 246 valence electrons. The molecule has 9 aromatic carbocycles. The molecule has 1 heteroatoms. The third-order valence-electron chi connectivity index (χ3n) is 11.2. The van der Waals surface area contributed by atoms with Crippen LogP contribution in [0.15, 0.2) is 188 Å². The summed E-state index contributed by atoms with van der Waals surface area (Å²) in [6.45, 7) is 4.71. The van der Waals surface area contributed by atoms with E-state index >= 15 is 0 Å². The third kappa shape index (κ3) is 4.77. The molecular formula is C51H37N. The number of benzene rings is 9. The lowest BCUT2D eigenvalue weighted by molar-refractivity contribution is 0.660. The van der Waals surface area contributed by atoms with Crippen LogP contribution in [0.1, 0.15) is 25.0 Å². The van der Waals surface area contributed by atoms with Crippen molar-refractivity contribution in [3.05, 3.63) is 199 Å². The van der Waals surface area contributed by atoms with Crippen LogP contribution in [-0.4, -0.2) is 0 Å². The quantitative estimate of drug-likeness (QED) is 0.166. The van der Waals surface area contributed by atoms with E-state index in [0.29, 0.717) is 0 Å². The van der Waals surface area contributed by atoms with Gasteiger partial charge in [-0.1, -0.05) is 159 Å². The van der Waals surface area contributed by atoms with Gasteiger partial charge in [-0.3, -0.25) is 0 Å². The number of rotatable bonds is 5. The maximum atomic E-state index is 2.41. The second-order valence-corrected chi connectivity index (χ2v) is 14.6. The summed E-state index contributed by atoms with van der Waals surface area (Å²) in [7, 11) is 0. The highest BCUT2D eigenvalue weighted by Gasteiger charge is 2.35. The Hall–Kier alpha value is -6.44. The molecule has 0 saturated carbocycles. The van der Waals surface area contributed by atoms with Crippen LogP contribution in [-0.2, 0) is 5.41 Å². The summed E-state index contributed by atoms with van der Waals surface area (Å²) in [5.41, 5.74) is 13.6. The lowest BCUT2D eigenvalue weighted by Crippen LogP contribution is -2.16. The second-order valence-electron chi connectivity index (χ2n) is 14.6. The Morgan fingerprint density at radius 1 is 0.346 bits per heavy atom. The van der Waals surface area contributed by atoms with E-state index in [-0.39, 0.29) is 5.41 Å². The third-order valence-corrected chi connectivity index (χ3v) is 11.2. The van der Waals surface area contributed by atoms with E-state index < -0.39 is 0 Å². The van der Waals surface area contributed by atoms with Gasteiger partial charge in [-0.15, -0.1) is 0 Å². The van der Waals surface area contributed by atoms with E-state index in [0.717, 1.165) is 17.1 Å². The summed E-state index contributed by atoms with van der Waals surface area (Å²) < 4.78 is 0. The van der Waals surface area contributed by atoms with Gasteiger partial charge in [0.1, 0.15) is 0 Å². The first-order valence-corrected chi connectivity index (χ1v) is 18.2. The molecule has 0 aliphatic heterocycles. The van der Waals surface area contributed by atoms with Gasteiger partial charge in [0.25, 0.3) is 0 Å². The lowest BCUT2D eigenvalue weighted by Gasteiger charge is -2.28. The Morgan fingerprint density at radius 2 is 0.904 bits per heavy atom. The molecule has 0 heterocycles. The van der Waals surface area contributed by atoms with Gasteiger partial charge in [0.15, 0.2) is 0 Å². The normalized spacial score (nSPS) is 13.0. The summed E-state index contributed by atoms with van der Waals surface area (Å²) in [4.78, 5) is 2.41. The zero-order valence-electron chi connectivity index (χ0n) is 29.3. The summed E-state index contributed by atoms with van der Waals surface area (Å²) >= 11 is 0. The second kappa shape index (κ2) is 11.8. The molecule has 10 rings (SSSR count). The Labute approximate surface area is 305 Å². The molecule has 0 saturated heterocycles. The highest BCUT2D eigenvalue weighted by Crippen LogP contribution is 2.51. The molecule has 0 N–H and O–H groups in total. The van der Waals surface area contributed by atoms with Gasteiger partial charge in [-0.25, -0.2) is 0 Å². The zero-order chi connectivity index (χ0) is 34.8. The zero-order valence-corrected chi connectivity index (χ0v) is 29.3. The number of anilines is 3. The summed E-state index contributed by atoms with van der Waals surface area (Å²) in [6, 6.07) is 69.1. The minimum Gasteiger partial charge on any atom is -0.310 e. The predicted molar refractivity (Wildman–Crippen MR) is 222 cm³/mol. The molecule has 1 nitrogen and oxygen atoms in total. The SMILES string of the molecule is CC1(C)c2ccccc2-c2ccc(N(c3ccc(-c4ccccc4)cc3)c3ccc(-c4cc5ccccc5c5c4ccc4ccccc45)cc3)cc21. The average molecular weight is 664 g/mol. The smallest absolute Gasteiger partial charge is 0.0465 e. The summed E-state index contributed by atoms with van der Waals surface area (Å²) in [6.07, 6.45) is 0.